The van der Waals surface area contributed by atoms with Crippen molar-refractivity contribution in [2.75, 3.05) is 7.11 Å². The summed E-state index contributed by atoms with van der Waals surface area (Å²) >= 11 is 0. The van der Waals surface area contributed by atoms with Crippen molar-refractivity contribution in [1.82, 2.24) is 15.0 Å². The summed E-state index contributed by atoms with van der Waals surface area (Å²) in [7, 11) is -3.13. The lowest BCUT2D eigenvalue weighted by Crippen LogP contribution is -1.89. The van der Waals surface area contributed by atoms with Crippen LogP contribution < -0.4 is 4.74 Å². The highest BCUT2D eigenvalue weighted by Crippen LogP contribution is 2.25. The molecule has 0 radical (unpaired) electrons. The Balaban J connectivity index is 0.000000252. The molecule has 0 aliphatic carbocycles. The van der Waals surface area contributed by atoms with E-state index in [0.29, 0.717) is 6.01 Å². The topological polar surface area (TPSA) is 126 Å². The molecule has 13 heavy (non-hydrogen) atoms. The lowest BCUT2D eigenvalue weighted by atomic mass is 11.0. The summed E-state index contributed by atoms with van der Waals surface area (Å²) in [5, 5.41) is 0. The van der Waals surface area contributed by atoms with Gasteiger partial charge < -0.3 is 19.4 Å². The molecule has 0 unspecified atom stereocenters. The smallest absolute Gasteiger partial charge is 0.466 e. The average molecular weight is 209 g/mol. The Hall–Kier alpha value is -1.08. The van der Waals surface area contributed by atoms with E-state index in [1.807, 2.05) is 0 Å². The minimum absolute atomic E-state index is 0.347. The molecule has 0 aliphatic heterocycles. The van der Waals surface area contributed by atoms with Gasteiger partial charge in [-0.15, -0.1) is 0 Å². The van der Waals surface area contributed by atoms with Crippen LogP contribution in [0.15, 0.2) is 12.7 Å². The molecule has 0 spiro atoms. The molecule has 0 bridgehead atoms. The molecule has 9 heteroatoms. The fourth-order valence-corrected chi connectivity index (χ4v) is 0.334. The number of nitrogens with zero attached hydrogens (tertiary/aromatic N) is 3. The number of methoxy groups -OCH3 is 1. The quantitative estimate of drug-likeness (QED) is 0.500. The zero-order chi connectivity index (χ0) is 10.3. The van der Waals surface area contributed by atoms with E-state index in [1.54, 1.807) is 0 Å². The average Bonchev–Trinajstić information content (AvgIpc) is 2.03. The summed E-state index contributed by atoms with van der Waals surface area (Å²) in [5.74, 6) is 0. The summed E-state index contributed by atoms with van der Waals surface area (Å²) in [6.07, 6.45) is 2.76. The van der Waals surface area contributed by atoms with Gasteiger partial charge in [0.1, 0.15) is 12.7 Å². The number of aromatic nitrogens is 3. The number of ether oxygens (including phenoxy) is 1. The Morgan fingerprint density at radius 2 is 1.69 bits per heavy atom. The maximum Gasteiger partial charge on any atom is 0.466 e. The highest BCUT2D eigenvalue weighted by molar-refractivity contribution is 7.45. The van der Waals surface area contributed by atoms with Crippen LogP contribution in [0.5, 0.6) is 6.01 Å². The molecule has 74 valence electrons. The minimum atomic E-state index is -4.64. The Labute approximate surface area is 73.5 Å². The van der Waals surface area contributed by atoms with Gasteiger partial charge in [0.25, 0.3) is 0 Å². The van der Waals surface area contributed by atoms with Crippen LogP contribution in [0.2, 0.25) is 0 Å². The predicted molar refractivity (Wildman–Crippen MR) is 40.6 cm³/mol. The second-order valence-electron chi connectivity index (χ2n) is 1.64. The minimum Gasteiger partial charge on any atom is -0.467 e. The molecular formula is C4H8N3O5P. The third-order valence-corrected chi connectivity index (χ3v) is 0.652. The zero-order valence-electron chi connectivity index (χ0n) is 6.60. The predicted octanol–water partition coefficient (Wildman–Crippen LogP) is -1.05. The van der Waals surface area contributed by atoms with E-state index >= 15 is 0 Å². The Morgan fingerprint density at radius 3 is 1.92 bits per heavy atom. The van der Waals surface area contributed by atoms with Crippen LogP contribution in [0.1, 0.15) is 0 Å². The van der Waals surface area contributed by atoms with Crippen LogP contribution >= 0.6 is 7.82 Å². The lowest BCUT2D eigenvalue weighted by molar-refractivity contribution is 0.275. The van der Waals surface area contributed by atoms with E-state index in [0.717, 1.165) is 0 Å². The first kappa shape index (κ1) is 11.9. The van der Waals surface area contributed by atoms with Crippen molar-refractivity contribution in [2.24, 2.45) is 0 Å². The van der Waals surface area contributed by atoms with E-state index in [4.69, 9.17) is 19.2 Å². The zero-order valence-corrected chi connectivity index (χ0v) is 7.50. The van der Waals surface area contributed by atoms with Crippen LogP contribution in [-0.2, 0) is 4.57 Å². The van der Waals surface area contributed by atoms with E-state index < -0.39 is 7.82 Å². The second-order valence-corrected chi connectivity index (χ2v) is 2.66. The maximum absolute atomic E-state index is 8.88. The number of hydrogen-bond acceptors (Lipinski definition) is 5. The summed E-state index contributed by atoms with van der Waals surface area (Å²) < 4.78 is 13.5. The van der Waals surface area contributed by atoms with Gasteiger partial charge >= 0.3 is 13.8 Å². The largest absolute Gasteiger partial charge is 0.467 e. The summed E-state index contributed by atoms with van der Waals surface area (Å²) in [6, 6.07) is 0.347. The molecule has 0 aromatic carbocycles. The normalized spacial score (nSPS) is 9.85. The highest BCUT2D eigenvalue weighted by atomic mass is 31.2. The molecule has 1 heterocycles. The molecule has 8 nitrogen and oxygen atoms in total. The molecule has 0 saturated heterocycles. The van der Waals surface area contributed by atoms with Crippen LogP contribution in [0, 0.1) is 0 Å². The fourth-order valence-electron chi connectivity index (χ4n) is 0.334. The molecule has 0 amide bonds. The molecule has 0 saturated carbocycles. The van der Waals surface area contributed by atoms with Crippen LogP contribution in [-0.4, -0.2) is 36.7 Å². The monoisotopic (exact) mass is 209 g/mol. The van der Waals surface area contributed by atoms with Gasteiger partial charge in [-0.25, -0.2) is 9.55 Å². The molecule has 1 aromatic rings. The number of phosphoric acid groups is 1. The maximum atomic E-state index is 8.88. The van der Waals surface area contributed by atoms with E-state index in [9.17, 15) is 0 Å². The van der Waals surface area contributed by atoms with E-state index in [1.165, 1.54) is 19.8 Å². The van der Waals surface area contributed by atoms with Gasteiger partial charge in [-0.1, -0.05) is 0 Å². The van der Waals surface area contributed by atoms with Crippen molar-refractivity contribution in [1.29, 1.82) is 0 Å². The number of rotatable bonds is 1. The van der Waals surface area contributed by atoms with Crippen molar-refractivity contribution >= 4 is 7.82 Å². The summed E-state index contributed by atoms with van der Waals surface area (Å²) in [5.41, 5.74) is 0. The van der Waals surface area contributed by atoms with Crippen LogP contribution in [0.3, 0.4) is 0 Å². The molecule has 0 atom stereocenters. The molecular weight excluding hydrogens is 201 g/mol. The SMILES string of the molecule is COc1ncncn1.O=P(O)(O)O. The van der Waals surface area contributed by atoms with Gasteiger partial charge in [0.05, 0.1) is 7.11 Å². The summed E-state index contributed by atoms with van der Waals surface area (Å²) in [4.78, 5) is 32.5. The van der Waals surface area contributed by atoms with Crippen molar-refractivity contribution in [3.05, 3.63) is 12.7 Å². The first-order valence-electron chi connectivity index (χ1n) is 2.87. The van der Waals surface area contributed by atoms with Crippen LogP contribution in [0.4, 0.5) is 0 Å². The van der Waals surface area contributed by atoms with Gasteiger partial charge in [0, 0.05) is 0 Å². The second kappa shape index (κ2) is 5.55. The number of hydrogen-bond donors (Lipinski definition) is 3. The third-order valence-electron chi connectivity index (χ3n) is 0.652. The van der Waals surface area contributed by atoms with E-state index in [-0.39, 0.29) is 0 Å². The Bertz CT molecular complexity index is 266. The standard InChI is InChI=1S/C4H5N3O.H3O4P/c1-8-4-6-2-5-3-7-4;1-5(2,3)4/h2-3H,1H3;(H3,1,2,3,4). The summed E-state index contributed by atoms with van der Waals surface area (Å²) in [6.45, 7) is 0. The van der Waals surface area contributed by atoms with Crippen molar-refractivity contribution < 1.29 is 24.0 Å². The first-order chi connectivity index (χ1) is 5.93. The molecule has 0 aliphatic rings. The molecule has 1 aromatic heterocycles. The molecule has 1 rings (SSSR count). The van der Waals surface area contributed by atoms with Gasteiger partial charge in [-0.3, -0.25) is 0 Å². The van der Waals surface area contributed by atoms with Crippen molar-refractivity contribution in [3.8, 4) is 6.01 Å². The van der Waals surface area contributed by atoms with E-state index in [2.05, 4.69) is 19.7 Å². The first-order valence-corrected chi connectivity index (χ1v) is 4.44. The Morgan fingerprint density at radius 1 is 1.31 bits per heavy atom. The van der Waals surface area contributed by atoms with Crippen molar-refractivity contribution in [3.63, 3.8) is 0 Å². The third kappa shape index (κ3) is 10.9. The van der Waals surface area contributed by atoms with Gasteiger partial charge in [-0.2, -0.15) is 9.97 Å². The molecule has 3 N–H and O–H groups in total. The molecule has 0 fully saturated rings. The fraction of sp³-hybridized carbons (Fsp3) is 0.250. The lowest BCUT2D eigenvalue weighted by Gasteiger charge is -1.90. The van der Waals surface area contributed by atoms with Gasteiger partial charge in [-0.05, 0) is 0 Å². The van der Waals surface area contributed by atoms with Gasteiger partial charge in [0.15, 0.2) is 0 Å². The Kier molecular flexibility index (Phi) is 5.09. The van der Waals surface area contributed by atoms with Crippen LogP contribution in [0.25, 0.3) is 0 Å². The van der Waals surface area contributed by atoms with Gasteiger partial charge in [0.2, 0.25) is 0 Å². The highest BCUT2D eigenvalue weighted by Gasteiger charge is 2.00. The van der Waals surface area contributed by atoms with Crippen molar-refractivity contribution in [2.45, 2.75) is 0 Å².